The molecule has 3 heterocycles. The summed E-state index contributed by atoms with van der Waals surface area (Å²) < 4.78 is 10.5. The van der Waals surface area contributed by atoms with Gasteiger partial charge in [-0.05, 0) is 78.5 Å². The Hall–Kier alpha value is -5.61. The summed E-state index contributed by atoms with van der Waals surface area (Å²) in [4.78, 5) is 72.1. The number of rotatable bonds is 16. The lowest BCUT2D eigenvalue weighted by Crippen LogP contribution is -2.45. The van der Waals surface area contributed by atoms with Crippen molar-refractivity contribution >= 4 is 35.0 Å². The average Bonchev–Trinajstić information content (AvgIpc) is 4.08. The zero-order valence-electron chi connectivity index (χ0n) is 33.3. The number of esters is 1. The molecule has 4 aromatic rings. The van der Waals surface area contributed by atoms with Gasteiger partial charge in [-0.25, -0.2) is 0 Å². The minimum Gasteiger partial charge on any atom is -0.469 e. The molecule has 0 unspecified atom stereocenters. The van der Waals surface area contributed by atoms with E-state index >= 15 is 0 Å². The monoisotopic (exact) mass is 783 g/mol. The van der Waals surface area contributed by atoms with Gasteiger partial charge in [0.15, 0.2) is 11.6 Å². The van der Waals surface area contributed by atoms with Crippen LogP contribution in [0.5, 0.6) is 0 Å². The van der Waals surface area contributed by atoms with Crippen LogP contribution < -0.4 is 4.90 Å². The Bertz CT molecular complexity index is 2030. The number of methoxy groups -OCH3 is 1. The maximum Gasteiger partial charge on any atom is 0.306 e. The minimum absolute atomic E-state index is 0.00716. The van der Waals surface area contributed by atoms with E-state index in [4.69, 9.17) is 9.47 Å². The van der Waals surface area contributed by atoms with E-state index in [-0.39, 0.29) is 48.7 Å². The number of ketones is 2. The Balaban J connectivity index is 0.967. The third kappa shape index (κ3) is 9.91. The van der Waals surface area contributed by atoms with E-state index in [1.54, 1.807) is 9.80 Å². The summed E-state index contributed by atoms with van der Waals surface area (Å²) in [7, 11) is 1.32. The van der Waals surface area contributed by atoms with Gasteiger partial charge in [0.05, 0.1) is 31.5 Å². The van der Waals surface area contributed by atoms with E-state index in [2.05, 4.69) is 41.3 Å². The maximum atomic E-state index is 13.9. The molecule has 0 spiro atoms. The van der Waals surface area contributed by atoms with Crippen molar-refractivity contribution in [2.75, 3.05) is 31.7 Å². The number of anilines is 1. The molecule has 0 aromatic heterocycles. The number of ether oxygens (including phenoxy) is 2. The van der Waals surface area contributed by atoms with Crippen LogP contribution in [-0.2, 0) is 59.4 Å². The van der Waals surface area contributed by atoms with Crippen molar-refractivity contribution in [1.82, 2.24) is 9.80 Å². The fourth-order valence-electron chi connectivity index (χ4n) is 8.65. The number of Topliss-reactive ketones (excluding diaryl/α,β-unsaturated/α-hetero) is 2. The highest BCUT2D eigenvalue weighted by Crippen LogP contribution is 2.30. The van der Waals surface area contributed by atoms with Crippen molar-refractivity contribution in [2.45, 2.75) is 95.0 Å². The number of amides is 2. The topological polar surface area (TPSA) is 114 Å². The second kappa shape index (κ2) is 19.2. The summed E-state index contributed by atoms with van der Waals surface area (Å²) in [5.74, 6) is -1.36. The fourth-order valence-corrected chi connectivity index (χ4v) is 8.65. The summed E-state index contributed by atoms with van der Waals surface area (Å²) >= 11 is 0. The lowest BCUT2D eigenvalue weighted by atomic mass is 9.93. The lowest BCUT2D eigenvalue weighted by molar-refractivity contribution is -0.145. The molecule has 4 atom stereocenters. The number of carbonyl (C=O) groups is 5. The Labute approximate surface area is 341 Å². The Morgan fingerprint density at radius 3 is 1.71 bits per heavy atom. The molecule has 3 fully saturated rings. The highest BCUT2D eigenvalue weighted by atomic mass is 16.5. The van der Waals surface area contributed by atoms with Crippen molar-refractivity contribution in [2.24, 2.45) is 0 Å². The largest absolute Gasteiger partial charge is 0.469 e. The summed E-state index contributed by atoms with van der Waals surface area (Å²) in [6.45, 7) is 2.99. The first-order valence-electron chi connectivity index (χ1n) is 20.6. The van der Waals surface area contributed by atoms with Gasteiger partial charge in [-0.2, -0.15) is 0 Å². The maximum absolute atomic E-state index is 13.9. The molecule has 7 rings (SSSR count). The molecule has 2 amide bonds. The molecule has 0 saturated carbocycles. The van der Waals surface area contributed by atoms with Crippen molar-refractivity contribution in [1.29, 1.82) is 0 Å². The number of nitrogens with zero attached hydrogens (tertiary/aromatic N) is 3. The van der Waals surface area contributed by atoms with Crippen LogP contribution in [0.4, 0.5) is 5.69 Å². The lowest BCUT2D eigenvalue weighted by Gasteiger charge is -2.28. The summed E-state index contributed by atoms with van der Waals surface area (Å²) in [5, 5.41) is 0. The Morgan fingerprint density at radius 1 is 0.655 bits per heavy atom. The second-order valence-corrected chi connectivity index (χ2v) is 15.7. The van der Waals surface area contributed by atoms with E-state index in [9.17, 15) is 24.0 Å². The van der Waals surface area contributed by atoms with Crippen LogP contribution in [0.25, 0.3) is 0 Å². The number of hydrogen-bond donors (Lipinski definition) is 0. The predicted octanol–water partition coefficient (Wildman–Crippen LogP) is 6.62. The molecule has 302 valence electrons. The van der Waals surface area contributed by atoms with Crippen LogP contribution in [-0.4, -0.2) is 84.1 Å². The van der Waals surface area contributed by atoms with E-state index in [1.165, 1.54) is 7.11 Å². The standard InChI is InChI=1S/C48H53N3O7/c1-57-46(54)31-40(38-11-4-2-5-12-38)47(55)50-26-8-15-41(50)43(52)29-34-18-22-36(23-19-34)32-49(39-13-6-3-7-14-39)33-37-24-20-35(21-25-37)30-44(53)42-16-9-27-51(42)48(56)45-17-10-28-58-45/h2-7,11-14,18-25,40-42,45H,8-10,15-17,26-33H2,1H3/t40-,41+,42+,45+/m1/s1. The van der Waals surface area contributed by atoms with Gasteiger partial charge < -0.3 is 24.2 Å². The molecule has 3 aliphatic heterocycles. The zero-order valence-corrected chi connectivity index (χ0v) is 33.3. The normalized spacial score (nSPS) is 19.5. The molecule has 3 aliphatic rings. The molecule has 0 N–H and O–H groups in total. The summed E-state index contributed by atoms with van der Waals surface area (Å²) in [5.41, 5.74) is 5.82. The molecule has 0 bridgehead atoms. The minimum atomic E-state index is -0.709. The second-order valence-electron chi connectivity index (χ2n) is 15.7. The van der Waals surface area contributed by atoms with Crippen molar-refractivity contribution in [3.63, 3.8) is 0 Å². The van der Waals surface area contributed by atoms with Gasteiger partial charge in [-0.1, -0.05) is 97.1 Å². The first kappa shape index (κ1) is 40.6. The third-order valence-electron chi connectivity index (χ3n) is 11.8. The van der Waals surface area contributed by atoms with Gasteiger partial charge in [-0.3, -0.25) is 24.0 Å². The number of benzene rings is 4. The molecule has 58 heavy (non-hydrogen) atoms. The van der Waals surface area contributed by atoms with Gasteiger partial charge >= 0.3 is 5.97 Å². The quantitative estimate of drug-likeness (QED) is 0.117. The first-order valence-corrected chi connectivity index (χ1v) is 20.6. The molecule has 10 nitrogen and oxygen atoms in total. The highest BCUT2D eigenvalue weighted by Gasteiger charge is 2.39. The van der Waals surface area contributed by atoms with Crippen LogP contribution in [0.3, 0.4) is 0 Å². The smallest absolute Gasteiger partial charge is 0.306 e. The molecule has 0 aliphatic carbocycles. The molecular weight excluding hydrogens is 731 g/mol. The third-order valence-corrected chi connectivity index (χ3v) is 11.8. The van der Waals surface area contributed by atoms with Gasteiger partial charge in [0.25, 0.3) is 5.91 Å². The first-order chi connectivity index (χ1) is 28.3. The molecule has 3 saturated heterocycles. The van der Waals surface area contributed by atoms with Crippen LogP contribution in [0.1, 0.15) is 78.7 Å². The number of likely N-dealkylation sites (tertiary alicyclic amines) is 2. The van der Waals surface area contributed by atoms with Gasteiger partial charge in [0, 0.05) is 51.3 Å². The van der Waals surface area contributed by atoms with Gasteiger partial charge in [0.2, 0.25) is 5.91 Å². The highest BCUT2D eigenvalue weighted by molar-refractivity contribution is 5.95. The fraction of sp³-hybridized carbons (Fsp3) is 0.396. The summed E-state index contributed by atoms with van der Waals surface area (Å²) in [6, 6.07) is 34.8. The van der Waals surface area contributed by atoms with Crippen LogP contribution in [0.2, 0.25) is 0 Å². The van der Waals surface area contributed by atoms with Crippen molar-refractivity contribution in [3.8, 4) is 0 Å². The van der Waals surface area contributed by atoms with Crippen LogP contribution in [0, 0.1) is 0 Å². The average molecular weight is 784 g/mol. The van der Waals surface area contributed by atoms with E-state index in [0.29, 0.717) is 45.6 Å². The number of carbonyl (C=O) groups excluding carboxylic acids is 5. The van der Waals surface area contributed by atoms with E-state index < -0.39 is 24.0 Å². The number of hydrogen-bond acceptors (Lipinski definition) is 8. The SMILES string of the molecule is COC(=O)C[C@@H](C(=O)N1CCC[C@H]1C(=O)Cc1ccc(CN(Cc2ccc(CC(=O)[C@@H]3CCCN3C(=O)[C@@H]3CCCO3)cc2)c2ccccc2)cc1)c1ccccc1. The van der Waals surface area contributed by atoms with Crippen LogP contribution >= 0.6 is 0 Å². The predicted molar refractivity (Wildman–Crippen MR) is 221 cm³/mol. The van der Waals surface area contributed by atoms with E-state index in [0.717, 1.165) is 59.2 Å². The number of para-hydroxylation sites is 1. The van der Waals surface area contributed by atoms with Crippen molar-refractivity contribution < 1.29 is 33.4 Å². The Morgan fingerprint density at radius 2 is 1.17 bits per heavy atom. The molecule has 0 radical (unpaired) electrons. The van der Waals surface area contributed by atoms with Gasteiger partial charge in [0.1, 0.15) is 6.10 Å². The van der Waals surface area contributed by atoms with Crippen molar-refractivity contribution in [3.05, 3.63) is 137 Å². The van der Waals surface area contributed by atoms with E-state index in [1.807, 2.05) is 72.8 Å². The van der Waals surface area contributed by atoms with Gasteiger partial charge in [-0.15, -0.1) is 0 Å². The molecule has 10 heteroatoms. The molecule has 4 aromatic carbocycles. The van der Waals surface area contributed by atoms with Crippen LogP contribution in [0.15, 0.2) is 109 Å². The summed E-state index contributed by atoms with van der Waals surface area (Å²) in [6.07, 6.45) is 4.50. The molecular formula is C48H53N3O7. The zero-order chi connectivity index (χ0) is 40.4. The Kier molecular flexibility index (Phi) is 13.4.